The van der Waals surface area contributed by atoms with Crippen LogP contribution < -0.4 is 0 Å². The van der Waals surface area contributed by atoms with Gasteiger partial charge < -0.3 is 4.74 Å². The molecular formula is C21H26O3S. The van der Waals surface area contributed by atoms with Crippen LogP contribution in [0, 0.1) is 0 Å². The standard InChI is InChI=1S/C21H26O3S/c1-16(2)9-7-10-17(3)11-8-14-21(19(22)15-24-20(21)23)25-18-12-5-4-6-13-18/h4-6,9,11-13H,7-8,10,14-15H2,1-3H3/b17-11+. The van der Waals surface area contributed by atoms with E-state index in [1.54, 1.807) is 0 Å². The van der Waals surface area contributed by atoms with Gasteiger partial charge in [-0.25, -0.2) is 0 Å². The van der Waals surface area contributed by atoms with E-state index in [1.807, 2.05) is 30.3 Å². The van der Waals surface area contributed by atoms with E-state index in [2.05, 4.69) is 32.9 Å². The Balaban J connectivity index is 2.04. The van der Waals surface area contributed by atoms with Crippen molar-refractivity contribution in [3.8, 4) is 0 Å². The van der Waals surface area contributed by atoms with E-state index in [-0.39, 0.29) is 12.4 Å². The molecule has 1 unspecified atom stereocenters. The summed E-state index contributed by atoms with van der Waals surface area (Å²) in [5.74, 6) is -0.524. The first kappa shape index (κ1) is 19.5. The highest BCUT2D eigenvalue weighted by atomic mass is 32.2. The summed E-state index contributed by atoms with van der Waals surface area (Å²) in [6.45, 7) is 6.19. The quantitative estimate of drug-likeness (QED) is 0.368. The molecular weight excluding hydrogens is 332 g/mol. The molecule has 0 bridgehead atoms. The Labute approximate surface area is 154 Å². The number of hydrogen-bond donors (Lipinski definition) is 0. The highest BCUT2D eigenvalue weighted by Crippen LogP contribution is 2.41. The van der Waals surface area contributed by atoms with Crippen molar-refractivity contribution in [1.29, 1.82) is 0 Å². The number of esters is 1. The van der Waals surface area contributed by atoms with E-state index >= 15 is 0 Å². The molecule has 3 nitrogen and oxygen atoms in total. The van der Waals surface area contributed by atoms with Crippen LogP contribution in [-0.2, 0) is 14.3 Å². The molecule has 1 heterocycles. The molecule has 1 saturated heterocycles. The first-order valence-corrected chi connectivity index (χ1v) is 9.49. The third-order valence-corrected chi connectivity index (χ3v) is 5.69. The molecule has 1 aliphatic rings. The Bertz CT molecular complexity index is 654. The second kappa shape index (κ2) is 9.04. The van der Waals surface area contributed by atoms with Gasteiger partial charge in [0, 0.05) is 4.90 Å². The SMILES string of the molecule is CC(C)=CCC/C(C)=C/CCC1(Sc2ccccc2)C(=O)COC1=O. The highest BCUT2D eigenvalue weighted by molar-refractivity contribution is 8.02. The molecule has 134 valence electrons. The fourth-order valence-electron chi connectivity index (χ4n) is 2.77. The molecule has 0 aromatic heterocycles. The highest BCUT2D eigenvalue weighted by Gasteiger charge is 2.52. The second-order valence-corrected chi connectivity index (χ2v) is 8.02. The number of allylic oxidation sites excluding steroid dienone is 4. The number of Topliss-reactive ketones (excluding diaryl/α,β-unsaturated/α-hetero) is 1. The Morgan fingerprint density at radius 2 is 1.84 bits per heavy atom. The number of ketones is 1. The lowest BCUT2D eigenvalue weighted by molar-refractivity contribution is -0.140. The number of thioether (sulfide) groups is 1. The fraction of sp³-hybridized carbons (Fsp3) is 0.429. The van der Waals surface area contributed by atoms with Crippen LogP contribution in [0.4, 0.5) is 0 Å². The van der Waals surface area contributed by atoms with Gasteiger partial charge in [-0.15, -0.1) is 0 Å². The Morgan fingerprint density at radius 1 is 1.12 bits per heavy atom. The van der Waals surface area contributed by atoms with Crippen LogP contribution >= 0.6 is 11.8 Å². The maximum atomic E-state index is 12.4. The van der Waals surface area contributed by atoms with Crippen molar-refractivity contribution >= 4 is 23.5 Å². The number of carbonyl (C=O) groups excluding carboxylic acids is 2. The van der Waals surface area contributed by atoms with E-state index in [0.29, 0.717) is 12.8 Å². The maximum absolute atomic E-state index is 12.4. The smallest absolute Gasteiger partial charge is 0.330 e. The topological polar surface area (TPSA) is 43.4 Å². The van der Waals surface area contributed by atoms with Gasteiger partial charge in [-0.05, 0) is 58.6 Å². The summed E-state index contributed by atoms with van der Waals surface area (Å²) in [6.07, 6.45) is 7.57. The van der Waals surface area contributed by atoms with Crippen LogP contribution in [0.25, 0.3) is 0 Å². The Hall–Kier alpha value is -1.81. The molecule has 1 aromatic carbocycles. The van der Waals surface area contributed by atoms with E-state index in [9.17, 15) is 9.59 Å². The first-order valence-electron chi connectivity index (χ1n) is 8.67. The third-order valence-electron chi connectivity index (χ3n) is 4.23. The van der Waals surface area contributed by atoms with Crippen molar-refractivity contribution in [2.75, 3.05) is 6.61 Å². The van der Waals surface area contributed by atoms with Gasteiger partial charge in [0.25, 0.3) is 0 Å². The van der Waals surface area contributed by atoms with Crippen LogP contribution in [0.2, 0.25) is 0 Å². The lowest BCUT2D eigenvalue weighted by Gasteiger charge is -2.22. The number of rotatable bonds is 8. The van der Waals surface area contributed by atoms with Crippen LogP contribution in [0.1, 0.15) is 46.5 Å². The van der Waals surface area contributed by atoms with Crippen molar-refractivity contribution in [2.24, 2.45) is 0 Å². The summed E-state index contributed by atoms with van der Waals surface area (Å²) in [4.78, 5) is 25.7. The zero-order chi connectivity index (χ0) is 18.3. The van der Waals surface area contributed by atoms with Crippen LogP contribution in [0.5, 0.6) is 0 Å². The van der Waals surface area contributed by atoms with Crippen LogP contribution in [0.3, 0.4) is 0 Å². The first-order chi connectivity index (χ1) is 11.9. The minimum absolute atomic E-state index is 0.109. The molecule has 4 heteroatoms. The molecule has 1 fully saturated rings. The molecule has 2 rings (SSSR count). The monoisotopic (exact) mass is 358 g/mol. The molecule has 0 amide bonds. The van der Waals surface area contributed by atoms with Crippen molar-refractivity contribution in [1.82, 2.24) is 0 Å². The largest absolute Gasteiger partial charge is 0.456 e. The minimum Gasteiger partial charge on any atom is -0.456 e. The number of ether oxygens (including phenoxy) is 1. The van der Waals surface area contributed by atoms with Crippen LogP contribution in [0.15, 0.2) is 58.5 Å². The summed E-state index contributed by atoms with van der Waals surface area (Å²) >= 11 is 1.33. The van der Waals surface area contributed by atoms with E-state index in [4.69, 9.17) is 4.74 Å². The van der Waals surface area contributed by atoms with E-state index in [1.165, 1.54) is 22.9 Å². The van der Waals surface area contributed by atoms with Crippen molar-refractivity contribution in [3.05, 3.63) is 53.6 Å². The van der Waals surface area contributed by atoms with Crippen molar-refractivity contribution in [3.63, 3.8) is 0 Å². The molecule has 1 aliphatic heterocycles. The molecule has 1 aromatic rings. The van der Waals surface area contributed by atoms with E-state index in [0.717, 1.165) is 17.7 Å². The summed E-state index contributed by atoms with van der Waals surface area (Å²) in [5.41, 5.74) is 2.61. The average molecular weight is 359 g/mol. The number of carbonyl (C=O) groups is 2. The molecule has 0 radical (unpaired) electrons. The fourth-order valence-corrected chi connectivity index (χ4v) is 4.00. The number of hydrogen-bond acceptors (Lipinski definition) is 4. The summed E-state index contributed by atoms with van der Waals surface area (Å²) in [5, 5.41) is 0. The lowest BCUT2D eigenvalue weighted by Crippen LogP contribution is -2.37. The number of benzene rings is 1. The Morgan fingerprint density at radius 3 is 2.44 bits per heavy atom. The van der Waals surface area contributed by atoms with Crippen molar-refractivity contribution < 1.29 is 14.3 Å². The van der Waals surface area contributed by atoms with Gasteiger partial charge in [0.1, 0.15) is 0 Å². The predicted octanol–water partition coefficient (Wildman–Crippen LogP) is 5.12. The molecule has 1 atom stereocenters. The summed E-state index contributed by atoms with van der Waals surface area (Å²) in [7, 11) is 0. The summed E-state index contributed by atoms with van der Waals surface area (Å²) in [6, 6.07) is 9.59. The molecule has 0 saturated carbocycles. The van der Waals surface area contributed by atoms with Gasteiger partial charge in [0.05, 0.1) is 0 Å². The predicted molar refractivity (Wildman–Crippen MR) is 103 cm³/mol. The van der Waals surface area contributed by atoms with Gasteiger partial charge in [-0.2, -0.15) is 0 Å². The van der Waals surface area contributed by atoms with Crippen molar-refractivity contribution in [2.45, 2.75) is 56.1 Å². The van der Waals surface area contributed by atoms with Crippen LogP contribution in [-0.4, -0.2) is 23.1 Å². The Kier molecular flexibility index (Phi) is 7.06. The molecule has 0 spiro atoms. The summed E-state index contributed by atoms with van der Waals surface area (Å²) < 4.78 is 3.97. The molecule has 0 aliphatic carbocycles. The maximum Gasteiger partial charge on any atom is 0.330 e. The van der Waals surface area contributed by atoms with Gasteiger partial charge in [-0.3, -0.25) is 9.59 Å². The molecule has 0 N–H and O–H groups in total. The average Bonchev–Trinajstić information content (AvgIpc) is 2.84. The second-order valence-electron chi connectivity index (χ2n) is 6.65. The number of cyclic esters (lactones) is 1. The van der Waals surface area contributed by atoms with Gasteiger partial charge >= 0.3 is 5.97 Å². The normalized spacial score (nSPS) is 20.5. The van der Waals surface area contributed by atoms with E-state index < -0.39 is 10.7 Å². The zero-order valence-corrected chi connectivity index (χ0v) is 16.0. The van der Waals surface area contributed by atoms with Gasteiger partial charge in [0.15, 0.2) is 17.1 Å². The van der Waals surface area contributed by atoms with Gasteiger partial charge in [-0.1, -0.05) is 53.3 Å². The molecule has 25 heavy (non-hydrogen) atoms. The lowest BCUT2D eigenvalue weighted by atomic mass is 9.98. The third kappa shape index (κ3) is 5.33. The van der Waals surface area contributed by atoms with Gasteiger partial charge in [0.2, 0.25) is 0 Å². The zero-order valence-electron chi connectivity index (χ0n) is 15.2. The minimum atomic E-state index is -1.10.